The molecule has 13 heavy (non-hydrogen) atoms. The van der Waals surface area contributed by atoms with E-state index in [0.717, 1.165) is 11.0 Å². The molecule has 0 spiro atoms. The van der Waals surface area contributed by atoms with Crippen molar-refractivity contribution in [1.82, 2.24) is 5.16 Å². The minimum atomic E-state index is 0.160. The van der Waals surface area contributed by atoms with Gasteiger partial charge in [-0.1, -0.05) is 36.6 Å². The lowest BCUT2D eigenvalue weighted by molar-refractivity contribution is -0.601. The third kappa shape index (κ3) is 1.41. The third-order valence-electron chi connectivity index (χ3n) is 2.16. The second-order valence-electron chi connectivity index (χ2n) is 4.27. The Morgan fingerprint density at radius 2 is 2.08 bits per heavy atom. The molecule has 1 heterocycles. The molecule has 0 amide bonds. The monoisotopic (exact) mass is 177 g/mol. The predicted molar refractivity (Wildman–Crippen MR) is 49.3 cm³/mol. The van der Waals surface area contributed by atoms with E-state index in [1.807, 2.05) is 6.07 Å². The van der Waals surface area contributed by atoms with Crippen molar-refractivity contribution in [2.75, 3.05) is 0 Å². The fourth-order valence-electron chi connectivity index (χ4n) is 1.28. The number of benzene rings is 1. The van der Waals surface area contributed by atoms with Crippen LogP contribution in [0.3, 0.4) is 0 Å². The summed E-state index contributed by atoms with van der Waals surface area (Å²) in [4.78, 5) is 0. The zero-order valence-electron chi connectivity index (χ0n) is 8.09. The van der Waals surface area contributed by atoms with Gasteiger partial charge in [-0.2, -0.15) is 0 Å². The van der Waals surface area contributed by atoms with Crippen molar-refractivity contribution in [3.63, 3.8) is 0 Å². The average Bonchev–Trinajstić information content (AvgIpc) is 2.47. The molecule has 0 saturated carbocycles. The van der Waals surface area contributed by atoms with E-state index in [2.05, 4.69) is 43.2 Å². The molecule has 0 fully saturated rings. The molecular weight excluding hydrogens is 164 g/mol. The van der Waals surface area contributed by atoms with Gasteiger partial charge in [0.2, 0.25) is 5.52 Å². The van der Waals surface area contributed by atoms with Gasteiger partial charge in [0.15, 0.2) is 5.16 Å². The van der Waals surface area contributed by atoms with Crippen LogP contribution < -0.4 is 5.16 Å². The van der Waals surface area contributed by atoms with Gasteiger partial charge in [-0.3, -0.25) is 0 Å². The maximum Gasteiger partial charge on any atom is 0.273 e. The zero-order chi connectivity index (χ0) is 9.47. The van der Waals surface area contributed by atoms with Gasteiger partial charge in [0.25, 0.3) is 5.52 Å². The first-order valence-electron chi connectivity index (χ1n) is 4.35. The molecule has 0 unspecified atom stereocenters. The van der Waals surface area contributed by atoms with Crippen molar-refractivity contribution in [2.45, 2.75) is 26.2 Å². The van der Waals surface area contributed by atoms with E-state index in [9.17, 15) is 0 Å². The topological polar surface area (TPSA) is 40.2 Å². The summed E-state index contributed by atoms with van der Waals surface area (Å²) in [5.74, 6) is 0. The summed E-state index contributed by atoms with van der Waals surface area (Å²) in [5, 5.41) is 6.57. The highest BCUT2D eigenvalue weighted by atomic mass is 16.6. The number of nitrogens with zero attached hydrogens (tertiary/aromatic N) is 1. The molecular formula is C10H13N2O+. The van der Waals surface area contributed by atoms with Crippen LogP contribution in [0.15, 0.2) is 22.8 Å². The minimum absolute atomic E-state index is 0.160. The summed E-state index contributed by atoms with van der Waals surface area (Å²) < 4.78 is 4.76. The maximum atomic E-state index is 4.76. The molecule has 0 saturated heterocycles. The molecule has 0 aliphatic rings. The highest BCUT2D eigenvalue weighted by molar-refractivity contribution is 5.70. The SMILES string of the molecule is CC(C)(C)c1ccc2[nH+]onc2c1. The molecule has 0 bridgehead atoms. The van der Waals surface area contributed by atoms with Gasteiger partial charge >= 0.3 is 0 Å². The van der Waals surface area contributed by atoms with E-state index >= 15 is 0 Å². The largest absolute Gasteiger partial charge is 0.273 e. The van der Waals surface area contributed by atoms with Crippen molar-refractivity contribution >= 4 is 11.0 Å². The first-order chi connectivity index (χ1) is 6.07. The standard InChI is InChI=1S/C10H12N2O/c1-10(2,3)7-4-5-8-9(6-7)12-13-11-8/h4-6H,1-3H3/p+1. The molecule has 0 atom stereocenters. The molecule has 1 N–H and O–H groups in total. The van der Waals surface area contributed by atoms with E-state index in [0.29, 0.717) is 0 Å². The fraction of sp³-hybridized carbons (Fsp3) is 0.400. The van der Waals surface area contributed by atoms with Crippen molar-refractivity contribution < 1.29 is 9.79 Å². The molecule has 3 heteroatoms. The summed E-state index contributed by atoms with van der Waals surface area (Å²) in [5.41, 5.74) is 3.25. The van der Waals surface area contributed by atoms with Crippen LogP contribution in [-0.2, 0) is 5.41 Å². The molecule has 68 valence electrons. The van der Waals surface area contributed by atoms with Gasteiger partial charge in [-0.05, 0) is 17.0 Å². The number of hydrogen-bond donors (Lipinski definition) is 0. The van der Waals surface area contributed by atoms with Crippen molar-refractivity contribution in [2.24, 2.45) is 0 Å². The van der Waals surface area contributed by atoms with Crippen molar-refractivity contribution in [1.29, 1.82) is 0 Å². The van der Waals surface area contributed by atoms with E-state index < -0.39 is 0 Å². The Labute approximate surface area is 76.7 Å². The summed E-state index contributed by atoms with van der Waals surface area (Å²) >= 11 is 0. The third-order valence-corrected chi connectivity index (χ3v) is 2.16. The van der Waals surface area contributed by atoms with Crippen LogP contribution in [0.25, 0.3) is 11.0 Å². The Balaban J connectivity index is 2.61. The van der Waals surface area contributed by atoms with Crippen LogP contribution in [0.4, 0.5) is 0 Å². The van der Waals surface area contributed by atoms with E-state index in [1.165, 1.54) is 5.56 Å². The molecule has 1 aromatic carbocycles. The van der Waals surface area contributed by atoms with Crippen LogP contribution in [0, 0.1) is 0 Å². The van der Waals surface area contributed by atoms with Gasteiger partial charge in [-0.25, -0.2) is 0 Å². The number of aromatic nitrogens is 2. The molecule has 2 rings (SSSR count). The average molecular weight is 177 g/mol. The second-order valence-corrected chi connectivity index (χ2v) is 4.27. The lowest BCUT2D eigenvalue weighted by atomic mass is 9.87. The summed E-state index contributed by atoms with van der Waals surface area (Å²) in [6.45, 7) is 6.54. The summed E-state index contributed by atoms with van der Waals surface area (Å²) in [7, 11) is 0. The Morgan fingerprint density at radius 3 is 2.77 bits per heavy atom. The lowest BCUT2D eigenvalue weighted by Crippen LogP contribution is -2.10. The van der Waals surface area contributed by atoms with Gasteiger partial charge in [-0.15, -0.1) is 0 Å². The molecule has 3 nitrogen and oxygen atoms in total. The Bertz CT molecular complexity index is 426. The maximum absolute atomic E-state index is 4.76. The van der Waals surface area contributed by atoms with E-state index in [1.54, 1.807) is 0 Å². The molecule has 0 aliphatic heterocycles. The highest BCUT2D eigenvalue weighted by Crippen LogP contribution is 2.23. The van der Waals surface area contributed by atoms with Gasteiger partial charge < -0.3 is 0 Å². The quantitative estimate of drug-likeness (QED) is 0.617. The molecule has 2 aromatic rings. The Hall–Kier alpha value is -1.38. The Morgan fingerprint density at radius 1 is 1.31 bits per heavy atom. The summed E-state index contributed by atoms with van der Waals surface area (Å²) in [6.07, 6.45) is 0. The van der Waals surface area contributed by atoms with Crippen LogP contribution in [0.5, 0.6) is 0 Å². The summed E-state index contributed by atoms with van der Waals surface area (Å²) in [6, 6.07) is 6.14. The van der Waals surface area contributed by atoms with Crippen LogP contribution in [-0.4, -0.2) is 5.16 Å². The minimum Gasteiger partial charge on any atom is -0.0864 e. The lowest BCUT2D eigenvalue weighted by Gasteiger charge is -2.17. The van der Waals surface area contributed by atoms with Crippen molar-refractivity contribution in [3.8, 4) is 0 Å². The van der Waals surface area contributed by atoms with Gasteiger partial charge in [0.05, 0.1) is 0 Å². The highest BCUT2D eigenvalue weighted by Gasteiger charge is 2.17. The molecule has 0 radical (unpaired) electrons. The smallest absolute Gasteiger partial charge is 0.0864 e. The molecule has 0 aliphatic carbocycles. The van der Waals surface area contributed by atoms with Gasteiger partial charge in [0, 0.05) is 6.07 Å². The number of rotatable bonds is 0. The normalized spacial score (nSPS) is 12.2. The van der Waals surface area contributed by atoms with Crippen LogP contribution in [0.1, 0.15) is 26.3 Å². The number of hydrogen-bond acceptors (Lipinski definition) is 2. The second kappa shape index (κ2) is 2.55. The first kappa shape index (κ1) is 8.23. The van der Waals surface area contributed by atoms with Crippen LogP contribution >= 0.6 is 0 Å². The van der Waals surface area contributed by atoms with E-state index in [-0.39, 0.29) is 5.41 Å². The number of H-pyrrole nitrogens is 1. The fourth-order valence-corrected chi connectivity index (χ4v) is 1.28. The first-order valence-corrected chi connectivity index (χ1v) is 4.35. The van der Waals surface area contributed by atoms with E-state index in [4.69, 9.17) is 4.63 Å². The Kier molecular flexibility index (Phi) is 1.62. The zero-order valence-corrected chi connectivity index (χ0v) is 8.09. The number of nitrogens with one attached hydrogen (secondary N) is 1. The predicted octanol–water partition coefficient (Wildman–Crippen LogP) is 1.94. The van der Waals surface area contributed by atoms with Gasteiger partial charge in [0.1, 0.15) is 0 Å². The number of aromatic amines is 1. The molecule has 1 aromatic heterocycles. The number of fused-ring (bicyclic) bond motifs is 1. The van der Waals surface area contributed by atoms with Crippen molar-refractivity contribution in [3.05, 3.63) is 23.8 Å². The van der Waals surface area contributed by atoms with Crippen LogP contribution in [0.2, 0.25) is 0 Å².